The Morgan fingerprint density at radius 3 is 2.67 bits per heavy atom. The van der Waals surface area contributed by atoms with Gasteiger partial charge in [0.15, 0.2) is 0 Å². The predicted molar refractivity (Wildman–Crippen MR) is 125 cm³/mol. The van der Waals surface area contributed by atoms with Gasteiger partial charge >= 0.3 is 5.97 Å². The van der Waals surface area contributed by atoms with Crippen LogP contribution in [0.1, 0.15) is 42.6 Å². The van der Waals surface area contributed by atoms with Crippen LogP contribution in [0.25, 0.3) is 0 Å². The fourth-order valence-electron chi connectivity index (χ4n) is 4.74. The molecular weight excluding hydrogens is 424 g/mol. The van der Waals surface area contributed by atoms with E-state index in [0.29, 0.717) is 25.3 Å². The van der Waals surface area contributed by atoms with E-state index >= 15 is 0 Å². The van der Waals surface area contributed by atoms with Crippen LogP contribution in [-0.4, -0.2) is 52.2 Å². The van der Waals surface area contributed by atoms with Crippen molar-refractivity contribution in [3.63, 3.8) is 0 Å². The molecule has 0 radical (unpaired) electrons. The molecule has 2 aliphatic heterocycles. The summed E-state index contributed by atoms with van der Waals surface area (Å²) >= 11 is 0. The van der Waals surface area contributed by atoms with E-state index in [0.717, 1.165) is 35.3 Å². The molecule has 0 spiro atoms. The van der Waals surface area contributed by atoms with Crippen molar-refractivity contribution in [2.75, 3.05) is 23.4 Å². The van der Waals surface area contributed by atoms with Gasteiger partial charge in [0.25, 0.3) is 5.56 Å². The number of aryl methyl sites for hydroxylation is 2. The molecule has 3 heterocycles. The normalized spacial score (nSPS) is 20.2. The molecule has 33 heavy (non-hydrogen) atoms. The largest absolute Gasteiger partial charge is 0.480 e. The Labute approximate surface area is 193 Å². The van der Waals surface area contributed by atoms with Crippen LogP contribution in [0, 0.1) is 6.92 Å². The highest BCUT2D eigenvalue weighted by Crippen LogP contribution is 2.44. The van der Waals surface area contributed by atoms with Gasteiger partial charge in [-0.2, -0.15) is 0 Å². The van der Waals surface area contributed by atoms with Crippen molar-refractivity contribution in [2.24, 2.45) is 7.05 Å². The lowest BCUT2D eigenvalue weighted by atomic mass is 10.0. The van der Waals surface area contributed by atoms with Crippen molar-refractivity contribution < 1.29 is 19.7 Å². The van der Waals surface area contributed by atoms with E-state index in [9.17, 15) is 19.8 Å². The van der Waals surface area contributed by atoms with Gasteiger partial charge in [0.2, 0.25) is 0 Å². The molecule has 1 saturated heterocycles. The van der Waals surface area contributed by atoms with E-state index in [1.54, 1.807) is 11.6 Å². The van der Waals surface area contributed by atoms with Crippen LogP contribution < -0.4 is 21.1 Å². The number of hydrogen-bond donors (Lipinski definition) is 4. The molecule has 9 nitrogen and oxygen atoms in total. The van der Waals surface area contributed by atoms with E-state index in [4.69, 9.17) is 4.74 Å². The third-order valence-corrected chi connectivity index (χ3v) is 6.47. The number of aliphatic hydroxyl groups excluding tert-OH is 1. The quantitative estimate of drug-likeness (QED) is 0.498. The smallest absolute Gasteiger partial charge is 0.323 e. The molecular formula is C24H32N4O5. The number of nitrogens with zero attached hydrogens (tertiary/aromatic N) is 2. The van der Waals surface area contributed by atoms with E-state index in [2.05, 4.69) is 21.6 Å². The molecule has 1 aromatic carbocycles. The Balaban J connectivity index is 1.66. The number of ether oxygens (including phenoxy) is 1. The Kier molecular flexibility index (Phi) is 6.73. The zero-order valence-electron chi connectivity index (χ0n) is 19.2. The SMILES string of the molecule is Cc1cc(C2Nc3ccc(CN[C@H](C(=O)O)C(C)O)cc3N2C2CCOCC2)cn(C)c1=O. The van der Waals surface area contributed by atoms with Crippen LogP contribution in [-0.2, 0) is 23.1 Å². The summed E-state index contributed by atoms with van der Waals surface area (Å²) in [4.78, 5) is 26.0. The van der Waals surface area contributed by atoms with Gasteiger partial charge in [0, 0.05) is 50.2 Å². The number of anilines is 2. The Morgan fingerprint density at radius 2 is 2.03 bits per heavy atom. The first-order valence-corrected chi connectivity index (χ1v) is 11.3. The summed E-state index contributed by atoms with van der Waals surface area (Å²) in [6.45, 7) is 5.01. The second kappa shape index (κ2) is 9.54. The van der Waals surface area contributed by atoms with Gasteiger partial charge in [-0.25, -0.2) is 0 Å². The van der Waals surface area contributed by atoms with Gasteiger partial charge < -0.3 is 29.7 Å². The molecule has 0 bridgehead atoms. The molecule has 9 heteroatoms. The minimum atomic E-state index is -1.08. The lowest BCUT2D eigenvalue weighted by Crippen LogP contribution is -2.44. The number of benzene rings is 1. The van der Waals surface area contributed by atoms with Gasteiger partial charge in [-0.3, -0.25) is 14.9 Å². The minimum absolute atomic E-state index is 0.00802. The Morgan fingerprint density at radius 1 is 1.30 bits per heavy atom. The lowest BCUT2D eigenvalue weighted by Gasteiger charge is -2.37. The summed E-state index contributed by atoms with van der Waals surface area (Å²) < 4.78 is 7.21. The van der Waals surface area contributed by atoms with Crippen molar-refractivity contribution in [3.8, 4) is 0 Å². The van der Waals surface area contributed by atoms with Gasteiger partial charge in [-0.15, -0.1) is 0 Å². The summed E-state index contributed by atoms with van der Waals surface area (Å²) in [6.07, 6.45) is 2.55. The molecule has 4 rings (SSSR count). The zero-order valence-corrected chi connectivity index (χ0v) is 19.2. The first-order chi connectivity index (χ1) is 15.8. The maximum atomic E-state index is 12.3. The van der Waals surface area contributed by atoms with Gasteiger partial charge in [-0.05, 0) is 50.5 Å². The molecule has 2 aliphatic rings. The second-order valence-corrected chi connectivity index (χ2v) is 8.96. The third-order valence-electron chi connectivity index (χ3n) is 6.47. The highest BCUT2D eigenvalue weighted by atomic mass is 16.5. The lowest BCUT2D eigenvalue weighted by molar-refractivity contribution is -0.142. The van der Waals surface area contributed by atoms with Crippen molar-refractivity contribution in [1.29, 1.82) is 0 Å². The summed E-state index contributed by atoms with van der Waals surface area (Å²) in [7, 11) is 1.77. The van der Waals surface area contributed by atoms with Gasteiger partial charge in [0.1, 0.15) is 12.2 Å². The van der Waals surface area contributed by atoms with Crippen molar-refractivity contribution >= 4 is 17.3 Å². The summed E-state index contributed by atoms with van der Waals surface area (Å²) in [6, 6.07) is 7.20. The molecule has 178 valence electrons. The molecule has 0 aliphatic carbocycles. The van der Waals surface area contributed by atoms with Crippen LogP contribution in [0.3, 0.4) is 0 Å². The molecule has 0 saturated carbocycles. The molecule has 2 unspecified atom stereocenters. The summed E-state index contributed by atoms with van der Waals surface area (Å²) in [5.41, 5.74) is 4.66. The minimum Gasteiger partial charge on any atom is -0.480 e. The monoisotopic (exact) mass is 456 g/mol. The highest BCUT2D eigenvalue weighted by molar-refractivity contribution is 5.78. The molecule has 1 fully saturated rings. The van der Waals surface area contributed by atoms with Crippen LogP contribution in [0.5, 0.6) is 0 Å². The first-order valence-electron chi connectivity index (χ1n) is 11.3. The fourth-order valence-corrected chi connectivity index (χ4v) is 4.74. The number of nitrogens with one attached hydrogen (secondary N) is 2. The molecule has 0 amide bonds. The summed E-state index contributed by atoms with van der Waals surface area (Å²) in [5, 5.41) is 25.6. The van der Waals surface area contributed by atoms with Crippen LogP contribution in [0.15, 0.2) is 35.3 Å². The van der Waals surface area contributed by atoms with Crippen molar-refractivity contribution in [1.82, 2.24) is 9.88 Å². The number of aromatic nitrogens is 1. The average Bonchev–Trinajstić information content (AvgIpc) is 3.16. The number of carbonyl (C=O) groups is 1. The average molecular weight is 457 g/mol. The number of carboxylic acid groups (broad SMARTS) is 1. The standard InChI is InChI=1S/C24H32N4O5/c1-14-10-17(13-27(3)23(14)30)22-26-19-5-4-16(12-25-21(15(2)29)24(31)32)11-20(19)28(22)18-6-8-33-9-7-18/h4-5,10-11,13,15,18,21-22,25-26,29H,6-9,12H2,1-3H3,(H,31,32)/t15?,21-,22?/m0/s1. The number of hydrogen-bond acceptors (Lipinski definition) is 7. The van der Waals surface area contributed by atoms with Crippen LogP contribution in [0.2, 0.25) is 0 Å². The highest BCUT2D eigenvalue weighted by Gasteiger charge is 2.36. The van der Waals surface area contributed by atoms with E-state index in [1.165, 1.54) is 6.92 Å². The van der Waals surface area contributed by atoms with E-state index in [1.807, 2.05) is 31.3 Å². The van der Waals surface area contributed by atoms with Gasteiger partial charge in [-0.1, -0.05) is 6.07 Å². The number of rotatable bonds is 7. The third kappa shape index (κ3) is 4.75. The number of aliphatic carboxylic acids is 1. The second-order valence-electron chi connectivity index (χ2n) is 8.96. The molecule has 4 N–H and O–H groups in total. The fraction of sp³-hybridized carbons (Fsp3) is 0.500. The van der Waals surface area contributed by atoms with Crippen LogP contribution in [0.4, 0.5) is 11.4 Å². The molecule has 3 atom stereocenters. The van der Waals surface area contributed by atoms with Crippen molar-refractivity contribution in [3.05, 3.63) is 57.5 Å². The predicted octanol–water partition coefficient (Wildman–Crippen LogP) is 1.73. The van der Waals surface area contributed by atoms with Crippen molar-refractivity contribution in [2.45, 2.75) is 57.6 Å². The molecule has 2 aromatic rings. The number of fused-ring (bicyclic) bond motifs is 1. The van der Waals surface area contributed by atoms with E-state index < -0.39 is 18.1 Å². The Bertz CT molecular complexity index is 1050. The molecule has 1 aromatic heterocycles. The van der Waals surface area contributed by atoms with E-state index in [-0.39, 0.29) is 17.8 Å². The zero-order chi connectivity index (χ0) is 23.7. The maximum absolute atomic E-state index is 12.3. The first kappa shape index (κ1) is 23.3. The topological polar surface area (TPSA) is 116 Å². The number of aliphatic hydroxyl groups is 1. The maximum Gasteiger partial charge on any atom is 0.323 e. The number of pyridine rings is 1. The summed E-state index contributed by atoms with van der Waals surface area (Å²) in [5.74, 6) is -1.08. The Hall–Kier alpha value is -2.88. The number of carboxylic acids is 1. The van der Waals surface area contributed by atoms with Gasteiger partial charge in [0.05, 0.1) is 17.5 Å². The van der Waals surface area contributed by atoms with Crippen LogP contribution >= 0.6 is 0 Å².